The van der Waals surface area contributed by atoms with Crippen LogP contribution in [0.25, 0.3) is 0 Å². The number of likely N-dealkylation sites (tertiary alicyclic amines) is 1. The van der Waals surface area contributed by atoms with E-state index in [2.05, 4.69) is 15.2 Å². The summed E-state index contributed by atoms with van der Waals surface area (Å²) in [5, 5.41) is 3.17. The number of rotatable bonds is 5. The van der Waals surface area contributed by atoms with Crippen molar-refractivity contribution in [3.63, 3.8) is 0 Å². The van der Waals surface area contributed by atoms with Gasteiger partial charge in [-0.15, -0.1) is 0 Å². The second-order valence-corrected chi connectivity index (χ2v) is 6.76. The van der Waals surface area contributed by atoms with Crippen LogP contribution in [-0.4, -0.2) is 58.7 Å². The third kappa shape index (κ3) is 3.93. The molecule has 0 atom stereocenters. The summed E-state index contributed by atoms with van der Waals surface area (Å²) in [6.45, 7) is 6.88. The minimum Gasteiger partial charge on any atom is -0.381 e. The summed E-state index contributed by atoms with van der Waals surface area (Å²) >= 11 is 0. The van der Waals surface area contributed by atoms with Gasteiger partial charge >= 0.3 is 0 Å². The SMILES string of the molecule is Cc1nccn1CC(=O)NCC1(N2CCCCC2)CCOCC1. The lowest BCUT2D eigenvalue weighted by molar-refractivity contribution is -0.123. The van der Waals surface area contributed by atoms with Crippen molar-refractivity contribution in [2.24, 2.45) is 0 Å². The summed E-state index contributed by atoms with van der Waals surface area (Å²) in [5.74, 6) is 0.936. The summed E-state index contributed by atoms with van der Waals surface area (Å²) in [4.78, 5) is 19.1. The van der Waals surface area contributed by atoms with Crippen molar-refractivity contribution in [3.8, 4) is 0 Å². The van der Waals surface area contributed by atoms with Gasteiger partial charge in [0, 0.05) is 37.7 Å². The Balaban J connectivity index is 1.59. The van der Waals surface area contributed by atoms with Gasteiger partial charge in [0.15, 0.2) is 0 Å². The third-order valence-electron chi connectivity index (χ3n) is 5.30. The molecule has 6 nitrogen and oxygen atoms in total. The molecule has 1 N–H and O–H groups in total. The molecule has 3 heterocycles. The van der Waals surface area contributed by atoms with E-state index < -0.39 is 0 Å². The van der Waals surface area contributed by atoms with Gasteiger partial charge in [0.25, 0.3) is 0 Å². The van der Waals surface area contributed by atoms with E-state index in [1.807, 2.05) is 17.7 Å². The van der Waals surface area contributed by atoms with Gasteiger partial charge < -0.3 is 14.6 Å². The summed E-state index contributed by atoms with van der Waals surface area (Å²) in [7, 11) is 0. The molecule has 0 spiro atoms. The van der Waals surface area contributed by atoms with Crippen LogP contribution < -0.4 is 5.32 Å². The van der Waals surface area contributed by atoms with Crippen LogP contribution in [0.2, 0.25) is 0 Å². The lowest BCUT2D eigenvalue weighted by Crippen LogP contribution is -2.59. The van der Waals surface area contributed by atoms with E-state index in [4.69, 9.17) is 4.74 Å². The molecular weight excluding hydrogens is 292 g/mol. The first-order valence-electron chi connectivity index (χ1n) is 8.77. The Labute approximate surface area is 138 Å². The van der Waals surface area contributed by atoms with Crippen molar-refractivity contribution < 1.29 is 9.53 Å². The smallest absolute Gasteiger partial charge is 0.240 e. The van der Waals surface area contributed by atoms with E-state index in [-0.39, 0.29) is 11.4 Å². The molecule has 2 saturated heterocycles. The minimum atomic E-state index is 0.0639. The molecule has 6 heteroatoms. The number of aromatic nitrogens is 2. The third-order valence-corrected chi connectivity index (χ3v) is 5.30. The topological polar surface area (TPSA) is 59.4 Å². The maximum atomic E-state index is 12.3. The highest BCUT2D eigenvalue weighted by molar-refractivity contribution is 5.75. The number of imidazole rings is 1. The molecule has 1 amide bonds. The van der Waals surface area contributed by atoms with Crippen LogP contribution >= 0.6 is 0 Å². The Morgan fingerprint density at radius 3 is 2.70 bits per heavy atom. The van der Waals surface area contributed by atoms with Crippen LogP contribution in [0.3, 0.4) is 0 Å². The number of carbonyl (C=O) groups is 1. The van der Waals surface area contributed by atoms with E-state index in [0.717, 1.165) is 51.5 Å². The van der Waals surface area contributed by atoms with Gasteiger partial charge in [-0.3, -0.25) is 9.69 Å². The van der Waals surface area contributed by atoms with Crippen molar-refractivity contribution in [1.29, 1.82) is 0 Å². The molecule has 2 aliphatic rings. The standard InChI is InChI=1S/C17H28N4O2/c1-15-18-7-10-20(15)13-16(22)19-14-17(5-11-23-12-6-17)21-8-3-2-4-9-21/h7,10H,2-6,8-9,11-14H2,1H3,(H,19,22). The summed E-state index contributed by atoms with van der Waals surface area (Å²) in [5.41, 5.74) is 0.0817. The second kappa shape index (κ2) is 7.45. The number of ether oxygens (including phenoxy) is 1. The normalized spacial score (nSPS) is 22.0. The zero-order chi connectivity index (χ0) is 16.1. The van der Waals surface area contributed by atoms with Gasteiger partial charge in [-0.05, 0) is 45.7 Å². The number of aryl methyl sites for hydroxylation is 1. The van der Waals surface area contributed by atoms with E-state index in [9.17, 15) is 4.79 Å². The highest BCUT2D eigenvalue weighted by atomic mass is 16.5. The lowest BCUT2D eigenvalue weighted by Gasteiger charge is -2.48. The predicted molar refractivity (Wildman–Crippen MR) is 88.2 cm³/mol. The van der Waals surface area contributed by atoms with Gasteiger partial charge in [-0.1, -0.05) is 6.42 Å². The maximum absolute atomic E-state index is 12.3. The molecule has 0 unspecified atom stereocenters. The van der Waals surface area contributed by atoms with Gasteiger partial charge in [-0.25, -0.2) is 4.98 Å². The van der Waals surface area contributed by atoms with Gasteiger partial charge in [-0.2, -0.15) is 0 Å². The molecule has 23 heavy (non-hydrogen) atoms. The molecule has 3 rings (SSSR count). The zero-order valence-corrected chi connectivity index (χ0v) is 14.1. The fourth-order valence-electron chi connectivity index (χ4n) is 3.77. The van der Waals surface area contributed by atoms with Crippen LogP contribution in [0.15, 0.2) is 12.4 Å². The Bertz CT molecular complexity index is 516. The van der Waals surface area contributed by atoms with Crippen LogP contribution in [0.1, 0.15) is 37.9 Å². The molecule has 0 aliphatic carbocycles. The molecule has 2 aliphatic heterocycles. The monoisotopic (exact) mass is 320 g/mol. The first-order chi connectivity index (χ1) is 11.2. The largest absolute Gasteiger partial charge is 0.381 e. The Morgan fingerprint density at radius 2 is 2.04 bits per heavy atom. The van der Waals surface area contributed by atoms with E-state index in [1.165, 1.54) is 19.3 Å². The maximum Gasteiger partial charge on any atom is 0.240 e. The number of carbonyl (C=O) groups excluding carboxylic acids is 1. The van der Waals surface area contributed by atoms with Gasteiger partial charge in [0.05, 0.1) is 0 Å². The fraction of sp³-hybridized carbons (Fsp3) is 0.765. The van der Waals surface area contributed by atoms with E-state index in [0.29, 0.717) is 6.54 Å². The Hall–Kier alpha value is -1.40. The van der Waals surface area contributed by atoms with Crippen LogP contribution in [0.5, 0.6) is 0 Å². The average Bonchev–Trinajstić information content (AvgIpc) is 2.99. The lowest BCUT2D eigenvalue weighted by atomic mass is 9.86. The Morgan fingerprint density at radius 1 is 1.30 bits per heavy atom. The summed E-state index contributed by atoms with van der Waals surface area (Å²) < 4.78 is 7.45. The van der Waals surface area contributed by atoms with Crippen LogP contribution in [0, 0.1) is 6.92 Å². The molecule has 0 radical (unpaired) electrons. The van der Waals surface area contributed by atoms with Gasteiger partial charge in [0.1, 0.15) is 12.4 Å². The van der Waals surface area contributed by atoms with Crippen molar-refractivity contribution in [1.82, 2.24) is 19.8 Å². The molecule has 0 aromatic carbocycles. The van der Waals surface area contributed by atoms with Crippen molar-refractivity contribution in [2.45, 2.75) is 51.1 Å². The number of nitrogens with one attached hydrogen (secondary N) is 1. The van der Waals surface area contributed by atoms with Gasteiger partial charge in [0.2, 0.25) is 5.91 Å². The fourth-order valence-corrected chi connectivity index (χ4v) is 3.77. The zero-order valence-electron chi connectivity index (χ0n) is 14.1. The number of hydrogen-bond acceptors (Lipinski definition) is 4. The number of hydrogen-bond donors (Lipinski definition) is 1. The van der Waals surface area contributed by atoms with E-state index in [1.54, 1.807) is 6.20 Å². The molecule has 1 aromatic heterocycles. The van der Waals surface area contributed by atoms with E-state index >= 15 is 0 Å². The number of piperidine rings is 1. The number of nitrogens with zero attached hydrogens (tertiary/aromatic N) is 3. The molecule has 0 saturated carbocycles. The summed E-state index contributed by atoms with van der Waals surface area (Å²) in [6.07, 6.45) is 9.47. The highest BCUT2D eigenvalue weighted by Gasteiger charge is 2.39. The minimum absolute atomic E-state index is 0.0639. The highest BCUT2D eigenvalue weighted by Crippen LogP contribution is 2.30. The van der Waals surface area contributed by atoms with Crippen molar-refractivity contribution >= 4 is 5.91 Å². The Kier molecular flexibility index (Phi) is 5.33. The van der Waals surface area contributed by atoms with Crippen molar-refractivity contribution in [2.75, 3.05) is 32.8 Å². The first-order valence-corrected chi connectivity index (χ1v) is 8.77. The average molecular weight is 320 g/mol. The molecule has 2 fully saturated rings. The molecule has 0 bridgehead atoms. The van der Waals surface area contributed by atoms with Crippen LogP contribution in [-0.2, 0) is 16.1 Å². The second-order valence-electron chi connectivity index (χ2n) is 6.76. The molecule has 1 aromatic rings. The number of amides is 1. The molecule has 128 valence electrons. The predicted octanol–water partition coefficient (Wildman–Crippen LogP) is 1.34. The first kappa shape index (κ1) is 16.5. The van der Waals surface area contributed by atoms with Crippen molar-refractivity contribution in [3.05, 3.63) is 18.2 Å². The molecular formula is C17H28N4O2. The van der Waals surface area contributed by atoms with Crippen LogP contribution in [0.4, 0.5) is 0 Å². The summed E-state index contributed by atoms with van der Waals surface area (Å²) in [6, 6.07) is 0. The quantitative estimate of drug-likeness (QED) is 0.889.